The summed E-state index contributed by atoms with van der Waals surface area (Å²) >= 11 is 5.16. The van der Waals surface area contributed by atoms with E-state index in [1.54, 1.807) is 0 Å². The highest BCUT2D eigenvalue weighted by atomic mass is 35.5. The second-order valence-electron chi connectivity index (χ2n) is 2.95. The van der Waals surface area contributed by atoms with Crippen molar-refractivity contribution in [2.75, 3.05) is 13.1 Å². The van der Waals surface area contributed by atoms with Crippen LogP contribution in [0.4, 0.5) is 13.6 Å². The minimum atomic E-state index is -2.62. The van der Waals surface area contributed by atoms with Crippen LogP contribution >= 0.6 is 11.6 Å². The molecule has 5 heteroatoms. The van der Waals surface area contributed by atoms with E-state index in [1.807, 2.05) is 0 Å². The lowest BCUT2D eigenvalue weighted by Crippen LogP contribution is -2.28. The highest BCUT2D eigenvalue weighted by molar-refractivity contribution is 6.62. The number of rotatable bonds is 0. The van der Waals surface area contributed by atoms with Crippen molar-refractivity contribution >= 4 is 17.0 Å². The standard InChI is InChI=1S/C7H10ClF2NO/c8-6(12)11-4-1-2-7(9,10)3-5-11/h1-5H2. The first-order chi connectivity index (χ1) is 5.51. The smallest absolute Gasteiger partial charge is 0.316 e. The molecule has 0 unspecified atom stereocenters. The van der Waals surface area contributed by atoms with Gasteiger partial charge in [0.15, 0.2) is 0 Å². The molecule has 0 aromatic carbocycles. The van der Waals surface area contributed by atoms with Crippen molar-refractivity contribution in [3.63, 3.8) is 0 Å². The van der Waals surface area contributed by atoms with E-state index in [0.29, 0.717) is 13.0 Å². The Morgan fingerprint density at radius 3 is 2.58 bits per heavy atom. The molecule has 70 valence electrons. The molecule has 1 fully saturated rings. The Morgan fingerprint density at radius 2 is 2.00 bits per heavy atom. The Bertz CT molecular complexity index is 186. The van der Waals surface area contributed by atoms with Crippen LogP contribution in [0.5, 0.6) is 0 Å². The molecule has 0 N–H and O–H groups in total. The minimum absolute atomic E-state index is 0.0648. The first kappa shape index (κ1) is 9.71. The van der Waals surface area contributed by atoms with E-state index in [0.717, 1.165) is 0 Å². The van der Waals surface area contributed by atoms with Gasteiger partial charge in [0, 0.05) is 25.9 Å². The van der Waals surface area contributed by atoms with Gasteiger partial charge in [-0.2, -0.15) is 0 Å². The van der Waals surface area contributed by atoms with Crippen LogP contribution in [-0.2, 0) is 0 Å². The number of hydrogen-bond donors (Lipinski definition) is 0. The number of alkyl halides is 2. The Morgan fingerprint density at radius 1 is 1.33 bits per heavy atom. The van der Waals surface area contributed by atoms with Gasteiger partial charge in [0.25, 0.3) is 0 Å². The first-order valence-corrected chi connectivity index (χ1v) is 4.21. The van der Waals surface area contributed by atoms with Gasteiger partial charge in [-0.05, 0) is 18.0 Å². The number of halogens is 3. The van der Waals surface area contributed by atoms with Gasteiger partial charge in [-0.3, -0.25) is 4.79 Å². The number of hydrogen-bond acceptors (Lipinski definition) is 1. The zero-order valence-corrected chi connectivity index (χ0v) is 7.28. The summed E-state index contributed by atoms with van der Waals surface area (Å²) in [5, 5.41) is -0.632. The largest absolute Gasteiger partial charge is 0.329 e. The summed E-state index contributed by atoms with van der Waals surface area (Å²) in [7, 11) is 0. The fraction of sp³-hybridized carbons (Fsp3) is 0.857. The van der Waals surface area contributed by atoms with Crippen molar-refractivity contribution in [1.29, 1.82) is 0 Å². The van der Waals surface area contributed by atoms with Crippen LogP contribution in [0.15, 0.2) is 0 Å². The van der Waals surface area contributed by atoms with E-state index < -0.39 is 11.3 Å². The average Bonchev–Trinajstić information content (AvgIpc) is 2.10. The lowest BCUT2D eigenvalue weighted by atomic mass is 10.1. The Kier molecular flexibility index (Phi) is 2.88. The molecular formula is C7H10ClF2NO. The molecule has 0 saturated carbocycles. The summed E-state index contributed by atoms with van der Waals surface area (Å²) in [5.41, 5.74) is 0. The number of nitrogens with zero attached hydrogens (tertiary/aromatic N) is 1. The van der Waals surface area contributed by atoms with E-state index in [2.05, 4.69) is 0 Å². The molecule has 1 heterocycles. The highest BCUT2D eigenvalue weighted by Crippen LogP contribution is 2.27. The Labute approximate surface area is 74.5 Å². The summed E-state index contributed by atoms with van der Waals surface area (Å²) in [5.74, 6) is -2.62. The lowest BCUT2D eigenvalue weighted by molar-refractivity contribution is -0.0120. The van der Waals surface area contributed by atoms with E-state index in [-0.39, 0.29) is 19.4 Å². The van der Waals surface area contributed by atoms with Crippen molar-refractivity contribution in [1.82, 2.24) is 4.90 Å². The molecule has 0 spiro atoms. The molecule has 12 heavy (non-hydrogen) atoms. The zero-order valence-electron chi connectivity index (χ0n) is 6.52. The average molecular weight is 198 g/mol. The summed E-state index contributed by atoms with van der Waals surface area (Å²) in [6.07, 6.45) is -0.0927. The van der Waals surface area contributed by atoms with Gasteiger partial charge in [-0.1, -0.05) is 0 Å². The molecule has 1 amide bonds. The van der Waals surface area contributed by atoms with E-state index >= 15 is 0 Å². The Hall–Kier alpha value is -0.380. The predicted octanol–water partition coefficient (Wildman–Crippen LogP) is 2.47. The molecular weight excluding hydrogens is 188 g/mol. The van der Waals surface area contributed by atoms with Gasteiger partial charge in [-0.25, -0.2) is 8.78 Å². The normalized spacial score (nSPS) is 23.4. The summed E-state index contributed by atoms with van der Waals surface area (Å²) in [6.45, 7) is 0.410. The van der Waals surface area contributed by atoms with Gasteiger partial charge in [-0.15, -0.1) is 0 Å². The van der Waals surface area contributed by atoms with Crippen LogP contribution in [-0.4, -0.2) is 29.3 Å². The number of carbonyl (C=O) groups excluding carboxylic acids is 1. The molecule has 1 aliphatic rings. The molecule has 0 aliphatic carbocycles. The highest BCUT2D eigenvalue weighted by Gasteiger charge is 2.32. The summed E-state index contributed by atoms with van der Waals surface area (Å²) in [6, 6.07) is 0. The molecule has 1 saturated heterocycles. The SMILES string of the molecule is O=C(Cl)N1CCCC(F)(F)CC1. The van der Waals surface area contributed by atoms with Crippen molar-refractivity contribution in [3.05, 3.63) is 0 Å². The van der Waals surface area contributed by atoms with E-state index in [4.69, 9.17) is 11.6 Å². The summed E-state index contributed by atoms with van der Waals surface area (Å²) < 4.78 is 25.4. The topological polar surface area (TPSA) is 20.3 Å². The number of likely N-dealkylation sites (tertiary alicyclic amines) is 1. The maximum absolute atomic E-state index is 12.7. The number of amides is 1. The van der Waals surface area contributed by atoms with Gasteiger partial charge in [0.05, 0.1) is 0 Å². The van der Waals surface area contributed by atoms with Gasteiger partial charge >= 0.3 is 5.37 Å². The van der Waals surface area contributed by atoms with Crippen LogP contribution in [0.25, 0.3) is 0 Å². The van der Waals surface area contributed by atoms with E-state index in [9.17, 15) is 13.6 Å². The Balaban J connectivity index is 2.50. The van der Waals surface area contributed by atoms with Crippen molar-refractivity contribution in [3.8, 4) is 0 Å². The maximum Gasteiger partial charge on any atom is 0.316 e. The molecule has 0 atom stereocenters. The molecule has 0 aromatic rings. The lowest BCUT2D eigenvalue weighted by Gasteiger charge is -2.16. The second-order valence-corrected chi connectivity index (χ2v) is 3.27. The van der Waals surface area contributed by atoms with E-state index in [1.165, 1.54) is 4.90 Å². The third kappa shape index (κ3) is 2.59. The van der Waals surface area contributed by atoms with Crippen LogP contribution in [0.1, 0.15) is 19.3 Å². The van der Waals surface area contributed by atoms with Gasteiger partial charge < -0.3 is 4.90 Å². The van der Waals surface area contributed by atoms with Crippen molar-refractivity contribution < 1.29 is 13.6 Å². The first-order valence-electron chi connectivity index (χ1n) is 3.83. The molecule has 1 rings (SSSR count). The van der Waals surface area contributed by atoms with Gasteiger partial charge in [0.2, 0.25) is 5.92 Å². The van der Waals surface area contributed by atoms with Crippen LogP contribution in [0, 0.1) is 0 Å². The minimum Gasteiger partial charge on any atom is -0.329 e. The van der Waals surface area contributed by atoms with Crippen LogP contribution in [0.2, 0.25) is 0 Å². The second kappa shape index (κ2) is 3.56. The molecule has 0 aromatic heterocycles. The van der Waals surface area contributed by atoms with Crippen LogP contribution in [0.3, 0.4) is 0 Å². The molecule has 2 nitrogen and oxygen atoms in total. The van der Waals surface area contributed by atoms with Crippen molar-refractivity contribution in [2.45, 2.75) is 25.2 Å². The zero-order chi connectivity index (χ0) is 9.19. The third-order valence-corrected chi connectivity index (χ3v) is 2.21. The van der Waals surface area contributed by atoms with Gasteiger partial charge in [0.1, 0.15) is 0 Å². The van der Waals surface area contributed by atoms with Crippen LogP contribution < -0.4 is 0 Å². The fourth-order valence-electron chi connectivity index (χ4n) is 1.24. The maximum atomic E-state index is 12.7. The predicted molar refractivity (Wildman–Crippen MR) is 41.6 cm³/mol. The van der Waals surface area contributed by atoms with Crippen molar-refractivity contribution in [2.24, 2.45) is 0 Å². The monoisotopic (exact) mass is 197 g/mol. The fourth-order valence-corrected chi connectivity index (χ4v) is 1.41. The molecule has 0 bridgehead atoms. The molecule has 1 aliphatic heterocycles. The quantitative estimate of drug-likeness (QED) is 0.432. The number of carbonyl (C=O) groups is 1. The summed E-state index contributed by atoms with van der Waals surface area (Å²) in [4.78, 5) is 11.9. The molecule has 0 radical (unpaired) electrons. The third-order valence-electron chi connectivity index (χ3n) is 1.97.